The monoisotopic (exact) mass is 297 g/mol. The number of carbonyl (C=O) groups excluding carboxylic acids is 1. The first-order valence-electron chi connectivity index (χ1n) is 5.91. The quantitative estimate of drug-likeness (QED) is 0.938. The number of nitrogens with one attached hydrogen (secondary N) is 1. The zero-order valence-electron chi connectivity index (χ0n) is 10.9. The van der Waals surface area contributed by atoms with Crippen molar-refractivity contribution in [3.8, 4) is 5.75 Å². The lowest BCUT2D eigenvalue weighted by Gasteiger charge is -2.14. The zero-order chi connectivity index (χ0) is 14.7. The van der Waals surface area contributed by atoms with Crippen molar-refractivity contribution < 1.29 is 18.3 Å². The van der Waals surface area contributed by atoms with Crippen molar-refractivity contribution in [1.29, 1.82) is 0 Å². The molecule has 0 bridgehead atoms. The van der Waals surface area contributed by atoms with Gasteiger partial charge in [-0.2, -0.15) is 0 Å². The summed E-state index contributed by atoms with van der Waals surface area (Å²) in [5.41, 5.74) is 0.620. The Morgan fingerprint density at radius 3 is 2.70 bits per heavy atom. The molecule has 0 aliphatic rings. The van der Waals surface area contributed by atoms with Gasteiger partial charge in [-0.25, -0.2) is 4.39 Å². The minimum absolute atomic E-state index is 0.107. The average molecular weight is 298 g/mol. The van der Waals surface area contributed by atoms with E-state index in [9.17, 15) is 9.18 Å². The summed E-state index contributed by atoms with van der Waals surface area (Å²) in [5, 5.41) is 2.83. The Labute approximate surface area is 120 Å². The van der Waals surface area contributed by atoms with Gasteiger partial charge in [0, 0.05) is 0 Å². The van der Waals surface area contributed by atoms with E-state index < -0.39 is 11.7 Å². The molecular weight excluding hydrogens is 285 g/mol. The summed E-state index contributed by atoms with van der Waals surface area (Å²) in [6, 6.07) is 7.08. The molecule has 1 amide bonds. The summed E-state index contributed by atoms with van der Waals surface area (Å²) in [4.78, 5) is 11.9. The molecule has 0 saturated heterocycles. The van der Waals surface area contributed by atoms with Crippen molar-refractivity contribution >= 4 is 17.5 Å². The standard InChI is InChI=1S/C14H13ClFNO3/c1-8(9-3-4-11(19-2)10(16)7-9)17-14(18)12-5-6-13(15)20-12/h3-8H,1-2H3,(H,17,18). The Hall–Kier alpha value is -2.01. The second-order valence-corrected chi connectivity index (χ2v) is 4.57. The number of hydrogen-bond donors (Lipinski definition) is 1. The molecule has 106 valence electrons. The Balaban J connectivity index is 2.10. The highest BCUT2D eigenvalue weighted by Crippen LogP contribution is 2.22. The molecule has 1 N–H and O–H groups in total. The van der Waals surface area contributed by atoms with Crippen molar-refractivity contribution in [3.05, 3.63) is 52.7 Å². The summed E-state index contributed by atoms with van der Waals surface area (Å²) in [5.74, 6) is -0.631. The number of benzene rings is 1. The molecule has 20 heavy (non-hydrogen) atoms. The number of rotatable bonds is 4. The maximum Gasteiger partial charge on any atom is 0.287 e. The summed E-state index contributed by atoms with van der Waals surface area (Å²) >= 11 is 5.60. The maximum absolute atomic E-state index is 13.6. The molecule has 0 saturated carbocycles. The highest BCUT2D eigenvalue weighted by Gasteiger charge is 2.16. The Bertz CT molecular complexity index is 627. The predicted molar refractivity (Wildman–Crippen MR) is 72.6 cm³/mol. The molecule has 1 aromatic carbocycles. The van der Waals surface area contributed by atoms with Crippen LogP contribution >= 0.6 is 11.6 Å². The highest BCUT2D eigenvalue weighted by molar-refractivity contribution is 6.29. The van der Waals surface area contributed by atoms with Crippen molar-refractivity contribution in [3.63, 3.8) is 0 Å². The van der Waals surface area contributed by atoms with Crippen LogP contribution in [-0.2, 0) is 0 Å². The lowest BCUT2D eigenvalue weighted by atomic mass is 10.1. The number of carbonyl (C=O) groups is 1. The Morgan fingerprint density at radius 2 is 2.15 bits per heavy atom. The Kier molecular flexibility index (Phi) is 4.29. The van der Waals surface area contributed by atoms with Crippen LogP contribution in [-0.4, -0.2) is 13.0 Å². The topological polar surface area (TPSA) is 51.5 Å². The molecule has 4 nitrogen and oxygen atoms in total. The average Bonchev–Trinajstić information content (AvgIpc) is 2.85. The smallest absolute Gasteiger partial charge is 0.287 e. The first-order valence-corrected chi connectivity index (χ1v) is 6.28. The van der Waals surface area contributed by atoms with E-state index in [4.69, 9.17) is 20.8 Å². The fourth-order valence-corrected chi connectivity index (χ4v) is 1.89. The number of hydrogen-bond acceptors (Lipinski definition) is 3. The van der Waals surface area contributed by atoms with Crippen LogP contribution in [0.2, 0.25) is 5.22 Å². The van der Waals surface area contributed by atoms with Gasteiger partial charge in [-0.3, -0.25) is 4.79 Å². The minimum atomic E-state index is -0.479. The van der Waals surface area contributed by atoms with E-state index >= 15 is 0 Å². The lowest BCUT2D eigenvalue weighted by molar-refractivity contribution is 0.0912. The number of amides is 1. The van der Waals surface area contributed by atoms with E-state index in [1.54, 1.807) is 13.0 Å². The fraction of sp³-hybridized carbons (Fsp3) is 0.214. The molecule has 2 aromatic rings. The fourth-order valence-electron chi connectivity index (χ4n) is 1.74. The first kappa shape index (κ1) is 14.4. The van der Waals surface area contributed by atoms with Gasteiger partial charge >= 0.3 is 0 Å². The van der Waals surface area contributed by atoms with E-state index in [0.29, 0.717) is 5.56 Å². The number of ether oxygens (including phenoxy) is 1. The van der Waals surface area contributed by atoms with E-state index in [1.807, 2.05) is 0 Å². The summed E-state index contributed by atoms with van der Waals surface area (Å²) in [7, 11) is 1.39. The van der Waals surface area contributed by atoms with Gasteiger partial charge in [-0.05, 0) is 48.4 Å². The molecule has 1 unspecified atom stereocenters. The van der Waals surface area contributed by atoms with Crippen LogP contribution in [0, 0.1) is 5.82 Å². The third-order valence-corrected chi connectivity index (χ3v) is 3.02. The lowest BCUT2D eigenvalue weighted by Crippen LogP contribution is -2.26. The second-order valence-electron chi connectivity index (χ2n) is 4.19. The summed E-state index contributed by atoms with van der Waals surface area (Å²) in [6.45, 7) is 1.74. The SMILES string of the molecule is COc1ccc(C(C)NC(=O)c2ccc(Cl)o2)cc1F. The molecule has 1 aromatic heterocycles. The van der Waals surface area contributed by atoms with Gasteiger partial charge in [0.05, 0.1) is 13.2 Å². The van der Waals surface area contributed by atoms with Gasteiger partial charge in [-0.1, -0.05) is 6.07 Å². The van der Waals surface area contributed by atoms with Crippen molar-refractivity contribution in [1.82, 2.24) is 5.32 Å². The summed E-state index contributed by atoms with van der Waals surface area (Å²) < 4.78 is 23.4. The molecule has 1 heterocycles. The molecule has 0 radical (unpaired) electrons. The molecular formula is C14H13ClFNO3. The molecule has 1 atom stereocenters. The van der Waals surface area contributed by atoms with E-state index in [-0.39, 0.29) is 22.8 Å². The van der Waals surface area contributed by atoms with Crippen molar-refractivity contribution in [2.45, 2.75) is 13.0 Å². The molecule has 0 aliphatic heterocycles. The van der Waals surface area contributed by atoms with Crippen LogP contribution in [0.5, 0.6) is 5.75 Å². The van der Waals surface area contributed by atoms with Gasteiger partial charge in [0.1, 0.15) is 0 Å². The van der Waals surface area contributed by atoms with Crippen LogP contribution in [0.1, 0.15) is 29.1 Å². The van der Waals surface area contributed by atoms with Crippen LogP contribution in [0.4, 0.5) is 4.39 Å². The van der Waals surface area contributed by atoms with E-state index in [0.717, 1.165) is 0 Å². The van der Waals surface area contributed by atoms with Gasteiger partial charge in [0.15, 0.2) is 22.5 Å². The third-order valence-electron chi connectivity index (χ3n) is 2.82. The van der Waals surface area contributed by atoms with Crippen molar-refractivity contribution in [2.24, 2.45) is 0 Å². The molecule has 0 spiro atoms. The van der Waals surface area contributed by atoms with Crippen LogP contribution in [0.25, 0.3) is 0 Å². The predicted octanol–water partition coefficient (Wildman–Crippen LogP) is 3.57. The first-order chi connectivity index (χ1) is 9.51. The second kappa shape index (κ2) is 5.96. The Morgan fingerprint density at radius 1 is 1.40 bits per heavy atom. The third kappa shape index (κ3) is 3.11. The van der Waals surface area contributed by atoms with Crippen LogP contribution in [0.15, 0.2) is 34.7 Å². The number of methoxy groups -OCH3 is 1. The van der Waals surface area contributed by atoms with Crippen LogP contribution < -0.4 is 10.1 Å². The van der Waals surface area contributed by atoms with Gasteiger partial charge < -0.3 is 14.5 Å². The largest absolute Gasteiger partial charge is 0.494 e. The molecule has 6 heteroatoms. The van der Waals surface area contributed by atoms with Crippen molar-refractivity contribution in [2.75, 3.05) is 7.11 Å². The van der Waals surface area contributed by atoms with Gasteiger partial charge in [0.2, 0.25) is 0 Å². The molecule has 0 aliphatic carbocycles. The zero-order valence-corrected chi connectivity index (χ0v) is 11.7. The highest BCUT2D eigenvalue weighted by atomic mass is 35.5. The number of furan rings is 1. The van der Waals surface area contributed by atoms with Gasteiger partial charge in [-0.15, -0.1) is 0 Å². The summed E-state index contributed by atoms with van der Waals surface area (Å²) in [6.07, 6.45) is 0. The van der Waals surface area contributed by atoms with Gasteiger partial charge in [0.25, 0.3) is 5.91 Å². The number of halogens is 2. The van der Waals surface area contributed by atoms with Crippen LogP contribution in [0.3, 0.4) is 0 Å². The van der Waals surface area contributed by atoms with E-state index in [2.05, 4.69) is 5.32 Å². The normalized spacial score (nSPS) is 12.0. The maximum atomic E-state index is 13.6. The molecule has 0 fully saturated rings. The van der Waals surface area contributed by atoms with E-state index in [1.165, 1.54) is 31.4 Å². The minimum Gasteiger partial charge on any atom is -0.494 e. The molecule has 2 rings (SSSR count).